The maximum Gasteiger partial charge on any atom is 0.230 e. The van der Waals surface area contributed by atoms with Crippen molar-refractivity contribution in [3.05, 3.63) is 46.5 Å². The molecule has 0 aliphatic carbocycles. The molecule has 0 fully saturated rings. The van der Waals surface area contributed by atoms with Gasteiger partial charge in [0.05, 0.1) is 19.4 Å². The number of ether oxygens (including phenoxy) is 1. The van der Waals surface area contributed by atoms with Crippen LogP contribution in [0, 0.1) is 13.5 Å². The summed E-state index contributed by atoms with van der Waals surface area (Å²) < 4.78 is 5.07. The summed E-state index contributed by atoms with van der Waals surface area (Å²) in [5, 5.41) is 9.35. The van der Waals surface area contributed by atoms with Gasteiger partial charge in [0, 0.05) is 0 Å². The predicted octanol–water partition coefficient (Wildman–Crippen LogP) is 3.17. The zero-order valence-corrected chi connectivity index (χ0v) is 9.03. The van der Waals surface area contributed by atoms with Gasteiger partial charge in [0.1, 0.15) is 5.75 Å². The summed E-state index contributed by atoms with van der Waals surface area (Å²) >= 11 is 0. The number of aliphatic hydroxyl groups is 1. The van der Waals surface area contributed by atoms with Gasteiger partial charge in [0.25, 0.3) is 0 Å². The Labute approximate surface area is 89.4 Å². The van der Waals surface area contributed by atoms with Crippen molar-refractivity contribution in [1.29, 1.82) is 0 Å². The molecule has 0 aliphatic heterocycles. The van der Waals surface area contributed by atoms with E-state index in [0.29, 0.717) is 0 Å². The fourth-order valence-corrected chi connectivity index (χ4v) is 1.36. The largest absolute Gasteiger partial charge is 0.524 e. The second-order valence-corrected chi connectivity index (χ2v) is 3.23. The van der Waals surface area contributed by atoms with E-state index in [0.717, 1.165) is 16.9 Å². The molecule has 1 aromatic carbocycles. The van der Waals surface area contributed by atoms with Crippen LogP contribution < -0.4 is 4.74 Å². The van der Waals surface area contributed by atoms with Crippen LogP contribution in [-0.2, 0) is 0 Å². The number of aryl methyl sites for hydroxylation is 1. The minimum Gasteiger partial charge on any atom is -0.524 e. The number of hydrogen-bond donors (Lipinski definition) is 1. The zero-order chi connectivity index (χ0) is 11.4. The van der Waals surface area contributed by atoms with Crippen molar-refractivity contribution in [2.24, 2.45) is 0 Å². The van der Waals surface area contributed by atoms with Crippen LogP contribution in [0.15, 0.2) is 24.0 Å². The molecule has 0 spiro atoms. The Morgan fingerprint density at radius 1 is 1.47 bits per heavy atom. The molecule has 0 amide bonds. The molecule has 3 nitrogen and oxygen atoms in total. The van der Waals surface area contributed by atoms with Crippen LogP contribution >= 0.6 is 0 Å². The first-order chi connectivity index (χ1) is 7.10. The van der Waals surface area contributed by atoms with E-state index in [1.54, 1.807) is 19.2 Å². The lowest BCUT2D eigenvalue weighted by atomic mass is 10.0. The highest BCUT2D eigenvalue weighted by Crippen LogP contribution is 2.25. The van der Waals surface area contributed by atoms with E-state index >= 15 is 0 Å². The van der Waals surface area contributed by atoms with Gasteiger partial charge in [-0.3, -0.25) is 0 Å². The maximum absolute atomic E-state index is 9.35. The Hall–Kier alpha value is -1.95. The van der Waals surface area contributed by atoms with Crippen LogP contribution in [-0.4, -0.2) is 12.2 Å². The van der Waals surface area contributed by atoms with Gasteiger partial charge >= 0.3 is 0 Å². The first-order valence-corrected chi connectivity index (χ1v) is 4.52. The van der Waals surface area contributed by atoms with Crippen LogP contribution in [0.3, 0.4) is 0 Å². The Morgan fingerprint density at radius 2 is 2.13 bits per heavy atom. The van der Waals surface area contributed by atoms with Crippen molar-refractivity contribution in [2.45, 2.75) is 13.8 Å². The summed E-state index contributed by atoms with van der Waals surface area (Å²) in [7, 11) is 1.59. The lowest BCUT2D eigenvalue weighted by molar-refractivity contribution is 0.413. The molecule has 0 aromatic heterocycles. The quantitative estimate of drug-likeness (QED) is 0.591. The Kier molecular flexibility index (Phi) is 3.35. The number of nitrogens with zero attached hydrogens (tertiary/aromatic N) is 1. The van der Waals surface area contributed by atoms with Crippen molar-refractivity contribution in [1.82, 2.24) is 0 Å². The molecule has 1 N–H and O–H groups in total. The van der Waals surface area contributed by atoms with E-state index in [1.807, 2.05) is 13.0 Å². The Bertz CT molecular complexity index is 437. The standard InChI is InChI=1S/C12H13NO2/c1-8-7-10(15-4)5-6-11(8)12(13-3)9(2)14/h5-7,14H,1-2,4H3/b12-9+. The van der Waals surface area contributed by atoms with E-state index in [2.05, 4.69) is 4.85 Å². The van der Waals surface area contributed by atoms with Crippen LogP contribution in [0.4, 0.5) is 0 Å². The van der Waals surface area contributed by atoms with E-state index in [4.69, 9.17) is 11.3 Å². The summed E-state index contributed by atoms with van der Waals surface area (Å²) in [6, 6.07) is 5.39. The molecule has 0 saturated carbocycles. The zero-order valence-electron chi connectivity index (χ0n) is 9.03. The average Bonchev–Trinajstić information content (AvgIpc) is 2.20. The fraction of sp³-hybridized carbons (Fsp3) is 0.250. The molecule has 15 heavy (non-hydrogen) atoms. The first-order valence-electron chi connectivity index (χ1n) is 4.52. The van der Waals surface area contributed by atoms with Crippen LogP contribution in [0.25, 0.3) is 10.5 Å². The smallest absolute Gasteiger partial charge is 0.230 e. The van der Waals surface area contributed by atoms with E-state index < -0.39 is 0 Å². The van der Waals surface area contributed by atoms with Crippen LogP contribution in [0.2, 0.25) is 0 Å². The van der Waals surface area contributed by atoms with Gasteiger partial charge in [-0.2, -0.15) is 0 Å². The first kappa shape index (κ1) is 11.1. The van der Waals surface area contributed by atoms with Crippen molar-refractivity contribution in [3.63, 3.8) is 0 Å². The maximum atomic E-state index is 9.35. The molecule has 0 saturated heterocycles. The Morgan fingerprint density at radius 3 is 2.53 bits per heavy atom. The highest BCUT2D eigenvalue weighted by molar-refractivity contribution is 5.74. The van der Waals surface area contributed by atoms with Gasteiger partial charge < -0.3 is 9.84 Å². The predicted molar refractivity (Wildman–Crippen MR) is 59.6 cm³/mol. The molecule has 1 aromatic rings. The van der Waals surface area contributed by atoms with Crippen molar-refractivity contribution in [2.75, 3.05) is 7.11 Å². The summed E-state index contributed by atoms with van der Waals surface area (Å²) in [4.78, 5) is 3.31. The third-order valence-corrected chi connectivity index (χ3v) is 2.14. The second-order valence-electron chi connectivity index (χ2n) is 3.23. The number of hydrogen-bond acceptors (Lipinski definition) is 2. The van der Waals surface area contributed by atoms with E-state index in [-0.39, 0.29) is 11.5 Å². The van der Waals surface area contributed by atoms with E-state index in [9.17, 15) is 5.11 Å². The summed E-state index contributed by atoms with van der Waals surface area (Å²) in [5.41, 5.74) is 1.94. The van der Waals surface area contributed by atoms with E-state index in [1.165, 1.54) is 6.92 Å². The van der Waals surface area contributed by atoms with Crippen molar-refractivity contribution < 1.29 is 9.84 Å². The van der Waals surface area contributed by atoms with Gasteiger partial charge in [-0.1, -0.05) is 11.6 Å². The molecule has 0 aliphatic rings. The fourth-order valence-electron chi connectivity index (χ4n) is 1.36. The minimum atomic E-state index is 0.0401. The molecule has 0 heterocycles. The number of aliphatic hydroxyl groups excluding tert-OH is 1. The molecule has 0 bridgehead atoms. The average molecular weight is 203 g/mol. The molecule has 78 valence electrons. The highest BCUT2D eigenvalue weighted by Gasteiger charge is 2.09. The topological polar surface area (TPSA) is 33.8 Å². The van der Waals surface area contributed by atoms with Gasteiger partial charge in [0.15, 0.2) is 0 Å². The van der Waals surface area contributed by atoms with Crippen molar-refractivity contribution >= 4 is 5.70 Å². The highest BCUT2D eigenvalue weighted by atomic mass is 16.5. The van der Waals surface area contributed by atoms with Gasteiger partial charge in [-0.15, -0.1) is 0 Å². The van der Waals surface area contributed by atoms with Crippen molar-refractivity contribution in [3.8, 4) is 5.75 Å². The number of allylic oxidation sites excluding steroid dienone is 1. The monoisotopic (exact) mass is 203 g/mol. The lowest BCUT2D eigenvalue weighted by Crippen LogP contribution is -1.91. The summed E-state index contributed by atoms with van der Waals surface area (Å²) in [6.07, 6.45) is 0. The number of benzene rings is 1. The summed E-state index contributed by atoms with van der Waals surface area (Å²) in [6.45, 7) is 10.4. The molecule has 0 radical (unpaired) electrons. The molecular weight excluding hydrogens is 190 g/mol. The lowest BCUT2D eigenvalue weighted by Gasteiger charge is -2.07. The third-order valence-electron chi connectivity index (χ3n) is 2.14. The number of methoxy groups -OCH3 is 1. The molecule has 3 heteroatoms. The second kappa shape index (κ2) is 4.52. The number of rotatable bonds is 2. The summed E-state index contributed by atoms with van der Waals surface area (Å²) in [5.74, 6) is 0.787. The normalized spacial score (nSPS) is 11.6. The Balaban J connectivity index is 3.29. The SMILES string of the molecule is [C-]#[N+]/C(=C(\C)O)c1ccc(OC)cc1C. The molecule has 0 unspecified atom stereocenters. The third kappa shape index (κ3) is 2.29. The molecular formula is C12H13NO2. The van der Waals surface area contributed by atoms with Gasteiger partial charge in [0.2, 0.25) is 5.70 Å². The molecule has 1 rings (SSSR count). The molecule has 0 atom stereocenters. The minimum absolute atomic E-state index is 0.0401. The van der Waals surface area contributed by atoms with Crippen LogP contribution in [0.5, 0.6) is 5.75 Å². The van der Waals surface area contributed by atoms with Gasteiger partial charge in [-0.05, 0) is 31.5 Å². The van der Waals surface area contributed by atoms with Gasteiger partial charge in [-0.25, -0.2) is 4.85 Å². The van der Waals surface area contributed by atoms with Crippen LogP contribution in [0.1, 0.15) is 18.1 Å².